The molecule has 14 rings (SSSR count). The van der Waals surface area contributed by atoms with Gasteiger partial charge in [0.1, 0.15) is 0 Å². The molecule has 6 heteroatoms. The summed E-state index contributed by atoms with van der Waals surface area (Å²) in [5.74, 6) is 1.22. The van der Waals surface area contributed by atoms with Gasteiger partial charge in [-0.15, -0.1) is 0 Å². The van der Waals surface area contributed by atoms with Gasteiger partial charge in [0.25, 0.3) is 0 Å². The first-order chi connectivity index (χ1) is 37.7. The van der Waals surface area contributed by atoms with Gasteiger partial charge in [-0.1, -0.05) is 231 Å². The molecular weight excluding hydrogens is 925 g/mol. The molecule has 4 heterocycles. The summed E-state index contributed by atoms with van der Waals surface area (Å²) in [4.78, 5) is 21.3. The third kappa shape index (κ3) is 7.03. The summed E-state index contributed by atoms with van der Waals surface area (Å²) in [7, 11) is 0. The summed E-state index contributed by atoms with van der Waals surface area (Å²) in [5, 5.41) is 4.49. The predicted octanol–water partition coefficient (Wildman–Crippen LogP) is 15.9. The van der Waals surface area contributed by atoms with E-state index in [1.807, 2.05) is 12.4 Å². The number of nitrogens with zero attached hydrogens (tertiary/aromatic N) is 6. The van der Waals surface area contributed by atoms with Gasteiger partial charge in [0.2, 0.25) is 11.9 Å². The van der Waals surface area contributed by atoms with Crippen molar-refractivity contribution >= 4 is 43.6 Å². The SMILES string of the molecule is c1ccc(C(c2ccccc2)(c2ccccc2)c2ccnc(-n3c4ccccc4c4cc(-c5ccc6c(c5)c5ccccc5n6-c5nccc(C(c6ccccc6)(c6ccccc6)c6ccccc6)n5)ccc43)n2)cc1. The van der Waals surface area contributed by atoms with E-state index < -0.39 is 10.8 Å². The van der Waals surface area contributed by atoms with Crippen molar-refractivity contribution < 1.29 is 0 Å². The quantitative estimate of drug-likeness (QED) is 0.121. The van der Waals surface area contributed by atoms with Gasteiger partial charge in [-0.3, -0.25) is 9.13 Å². The maximum absolute atomic E-state index is 5.59. The zero-order valence-corrected chi connectivity index (χ0v) is 41.4. The number of hydrogen-bond donors (Lipinski definition) is 0. The van der Waals surface area contributed by atoms with Gasteiger partial charge < -0.3 is 0 Å². The maximum Gasteiger partial charge on any atom is 0.234 e. The van der Waals surface area contributed by atoms with Crippen LogP contribution < -0.4 is 0 Å². The van der Waals surface area contributed by atoms with Gasteiger partial charge in [-0.25, -0.2) is 19.9 Å². The molecule has 0 fully saturated rings. The molecule has 0 unspecified atom stereocenters. The van der Waals surface area contributed by atoms with E-state index in [0.717, 1.165) is 99.5 Å². The van der Waals surface area contributed by atoms with Crippen LogP contribution in [0.15, 0.2) is 291 Å². The van der Waals surface area contributed by atoms with Crippen molar-refractivity contribution in [2.45, 2.75) is 10.8 Å². The van der Waals surface area contributed by atoms with Crippen molar-refractivity contribution in [3.63, 3.8) is 0 Å². The van der Waals surface area contributed by atoms with Crippen LogP contribution in [0.2, 0.25) is 0 Å². The fraction of sp³-hybridized carbons (Fsp3) is 0.0286. The molecule has 0 bridgehead atoms. The van der Waals surface area contributed by atoms with Crippen LogP contribution in [0, 0.1) is 0 Å². The Kier molecular flexibility index (Phi) is 10.8. The smallest absolute Gasteiger partial charge is 0.234 e. The van der Waals surface area contributed by atoms with E-state index in [-0.39, 0.29) is 0 Å². The van der Waals surface area contributed by atoms with E-state index in [0.29, 0.717) is 11.9 Å². The largest absolute Gasteiger partial charge is 0.278 e. The molecule has 4 aromatic heterocycles. The molecule has 0 amide bonds. The van der Waals surface area contributed by atoms with Gasteiger partial charge in [-0.2, -0.15) is 0 Å². The number of aromatic nitrogens is 6. The van der Waals surface area contributed by atoms with Crippen molar-refractivity contribution in [2.24, 2.45) is 0 Å². The van der Waals surface area contributed by atoms with Crippen LogP contribution in [0.3, 0.4) is 0 Å². The zero-order chi connectivity index (χ0) is 50.5. The Morgan fingerprint density at radius 1 is 0.250 bits per heavy atom. The fourth-order valence-corrected chi connectivity index (χ4v) is 12.1. The minimum absolute atomic E-state index is 0.609. The molecule has 0 N–H and O–H groups in total. The molecule has 6 nitrogen and oxygen atoms in total. The number of para-hydroxylation sites is 2. The first kappa shape index (κ1) is 44.6. The second kappa shape index (κ2) is 18.5. The van der Waals surface area contributed by atoms with E-state index in [4.69, 9.17) is 19.9 Å². The standard InChI is InChI=1S/C70H48N6/c1-7-23-51(24-8-1)69(52-25-9-2-10-26-52,53-27-11-3-12-28-53)65-43-45-71-67(73-65)75-61-37-21-19-35-57(61)59-47-49(39-41-63(59)75)50-40-42-64-60(48-50)58-36-20-22-38-62(58)76(64)68-72-46-44-66(74-68)70(54-29-13-4-14-30-54,55-31-15-5-16-32-55)56-33-17-6-18-34-56/h1-48H. The Hall–Kier alpha value is -10.0. The van der Waals surface area contributed by atoms with Crippen LogP contribution in [-0.4, -0.2) is 29.1 Å². The van der Waals surface area contributed by atoms with Gasteiger partial charge in [-0.05, 0) is 93.0 Å². The third-order valence-corrected chi connectivity index (χ3v) is 15.4. The molecule has 0 aliphatic heterocycles. The lowest BCUT2D eigenvalue weighted by atomic mass is 9.67. The Morgan fingerprint density at radius 3 is 0.842 bits per heavy atom. The van der Waals surface area contributed by atoms with Crippen molar-refractivity contribution in [3.05, 3.63) is 336 Å². The third-order valence-electron chi connectivity index (χ3n) is 15.4. The molecule has 0 saturated heterocycles. The minimum atomic E-state index is -0.721. The average Bonchev–Trinajstić information content (AvgIpc) is 4.10. The van der Waals surface area contributed by atoms with Gasteiger partial charge in [0, 0.05) is 33.9 Å². The van der Waals surface area contributed by atoms with E-state index in [2.05, 4.69) is 288 Å². The maximum atomic E-state index is 5.59. The molecule has 10 aromatic carbocycles. The van der Waals surface area contributed by atoms with Crippen molar-refractivity contribution in [1.29, 1.82) is 0 Å². The first-order valence-electron chi connectivity index (χ1n) is 25.8. The van der Waals surface area contributed by atoms with Crippen molar-refractivity contribution in [2.75, 3.05) is 0 Å². The first-order valence-corrected chi connectivity index (χ1v) is 25.8. The molecule has 0 aliphatic rings. The number of benzene rings is 10. The van der Waals surface area contributed by atoms with Crippen LogP contribution in [-0.2, 0) is 10.8 Å². The van der Waals surface area contributed by atoms with E-state index in [1.54, 1.807) is 0 Å². The highest BCUT2D eigenvalue weighted by Crippen LogP contribution is 2.47. The van der Waals surface area contributed by atoms with E-state index in [9.17, 15) is 0 Å². The van der Waals surface area contributed by atoms with Crippen molar-refractivity contribution in [3.8, 4) is 23.0 Å². The van der Waals surface area contributed by atoms with E-state index >= 15 is 0 Å². The average molecular weight is 973 g/mol. The summed E-state index contributed by atoms with van der Waals surface area (Å²) in [6.07, 6.45) is 3.82. The number of rotatable bonds is 11. The highest BCUT2D eigenvalue weighted by Gasteiger charge is 2.41. The van der Waals surface area contributed by atoms with Crippen LogP contribution in [0.5, 0.6) is 0 Å². The van der Waals surface area contributed by atoms with Crippen LogP contribution in [0.25, 0.3) is 66.6 Å². The lowest BCUT2D eigenvalue weighted by molar-refractivity contribution is 0.704. The number of hydrogen-bond acceptors (Lipinski definition) is 4. The number of fused-ring (bicyclic) bond motifs is 6. The molecule has 14 aromatic rings. The summed E-state index contributed by atoms with van der Waals surface area (Å²) in [6, 6.07) is 99.1. The Balaban J connectivity index is 0.912. The van der Waals surface area contributed by atoms with Crippen LogP contribution >= 0.6 is 0 Å². The topological polar surface area (TPSA) is 61.4 Å². The summed E-state index contributed by atoms with van der Waals surface area (Å²) >= 11 is 0. The van der Waals surface area contributed by atoms with Crippen LogP contribution in [0.4, 0.5) is 0 Å². The molecule has 0 spiro atoms. The predicted molar refractivity (Wildman–Crippen MR) is 308 cm³/mol. The highest BCUT2D eigenvalue weighted by molar-refractivity contribution is 6.12. The van der Waals surface area contributed by atoms with E-state index in [1.165, 1.54) is 0 Å². The lowest BCUT2D eigenvalue weighted by Crippen LogP contribution is -2.32. The molecule has 76 heavy (non-hydrogen) atoms. The normalized spacial score (nSPS) is 11.9. The molecule has 0 aliphatic carbocycles. The second-order valence-corrected chi connectivity index (χ2v) is 19.3. The second-order valence-electron chi connectivity index (χ2n) is 19.3. The van der Waals surface area contributed by atoms with Gasteiger partial charge in [0.15, 0.2) is 0 Å². The molecule has 0 radical (unpaired) electrons. The van der Waals surface area contributed by atoms with Gasteiger partial charge in [0.05, 0.1) is 44.3 Å². The molecule has 358 valence electrons. The monoisotopic (exact) mass is 972 g/mol. The minimum Gasteiger partial charge on any atom is -0.278 e. The van der Waals surface area contributed by atoms with Gasteiger partial charge >= 0.3 is 0 Å². The Labute approximate surface area is 440 Å². The summed E-state index contributed by atoms with van der Waals surface area (Å²) in [5.41, 5.74) is 13.4. The Morgan fingerprint density at radius 2 is 0.526 bits per heavy atom. The summed E-state index contributed by atoms with van der Waals surface area (Å²) in [6.45, 7) is 0. The molecule has 0 saturated carbocycles. The zero-order valence-electron chi connectivity index (χ0n) is 41.4. The van der Waals surface area contributed by atoms with Crippen molar-refractivity contribution in [1.82, 2.24) is 29.1 Å². The van der Waals surface area contributed by atoms with Crippen LogP contribution in [0.1, 0.15) is 44.8 Å². The Bertz CT molecular complexity index is 3900. The summed E-state index contributed by atoms with van der Waals surface area (Å²) < 4.78 is 4.44. The highest BCUT2D eigenvalue weighted by atomic mass is 15.2. The molecule has 0 atom stereocenters. The lowest BCUT2D eigenvalue weighted by Gasteiger charge is -2.35. The fourth-order valence-electron chi connectivity index (χ4n) is 12.1. The molecular formula is C70H48N6.